The van der Waals surface area contributed by atoms with E-state index < -0.39 is 6.10 Å². The highest BCUT2D eigenvalue weighted by molar-refractivity contribution is 5.77. The smallest absolute Gasteiger partial charge is 0.134 e. The predicted molar refractivity (Wildman–Crippen MR) is 64.7 cm³/mol. The Labute approximate surface area is 104 Å². The molecule has 0 saturated carbocycles. The summed E-state index contributed by atoms with van der Waals surface area (Å²) in [7, 11) is 0. The Kier molecular flexibility index (Phi) is 3.06. The lowest BCUT2D eigenvalue weighted by molar-refractivity contribution is 0.112. The number of fused-ring (bicyclic) bond motifs is 1. The normalized spacial score (nSPS) is 21.6. The number of rotatable bonds is 3. The summed E-state index contributed by atoms with van der Waals surface area (Å²) in [6, 6.07) is 6.05. The maximum atomic E-state index is 13.1. The lowest BCUT2D eigenvalue weighted by atomic mass is 9.99. The van der Waals surface area contributed by atoms with Crippen molar-refractivity contribution in [3.8, 4) is 0 Å². The minimum absolute atomic E-state index is 0.298. The second-order valence-corrected chi connectivity index (χ2v) is 4.81. The first-order chi connectivity index (χ1) is 8.72. The second-order valence-electron chi connectivity index (χ2n) is 4.81. The first-order valence-corrected chi connectivity index (χ1v) is 6.17. The van der Waals surface area contributed by atoms with Crippen LogP contribution in [0.15, 0.2) is 28.7 Å². The molecule has 4 heteroatoms. The van der Waals surface area contributed by atoms with Crippen molar-refractivity contribution in [1.82, 2.24) is 0 Å². The van der Waals surface area contributed by atoms with E-state index in [1.807, 2.05) is 0 Å². The van der Waals surface area contributed by atoms with E-state index in [-0.39, 0.29) is 5.82 Å². The molecular weight excluding hydrogens is 235 g/mol. The quantitative estimate of drug-likeness (QED) is 0.910. The molecule has 2 aromatic rings. The fraction of sp³-hybridized carbons (Fsp3) is 0.429. The van der Waals surface area contributed by atoms with Gasteiger partial charge in [-0.1, -0.05) is 0 Å². The molecule has 1 N–H and O–H groups in total. The number of aliphatic hydroxyl groups is 1. The highest BCUT2D eigenvalue weighted by Crippen LogP contribution is 2.30. The molecule has 1 fully saturated rings. The zero-order valence-electron chi connectivity index (χ0n) is 9.93. The van der Waals surface area contributed by atoms with Gasteiger partial charge < -0.3 is 14.3 Å². The lowest BCUT2D eigenvalue weighted by Crippen LogP contribution is -2.06. The molecule has 96 valence electrons. The Morgan fingerprint density at radius 1 is 1.39 bits per heavy atom. The molecule has 0 spiro atoms. The fourth-order valence-corrected chi connectivity index (χ4v) is 2.40. The van der Waals surface area contributed by atoms with E-state index in [2.05, 4.69) is 0 Å². The van der Waals surface area contributed by atoms with E-state index in [9.17, 15) is 9.50 Å². The molecule has 1 aliphatic heterocycles. The molecule has 1 aromatic carbocycles. The molecule has 0 radical (unpaired) electrons. The predicted octanol–water partition coefficient (Wildman–Crippen LogP) is 3.03. The SMILES string of the molecule is OC(CC1CCOC1)c1cc2cc(F)ccc2o1. The summed E-state index contributed by atoms with van der Waals surface area (Å²) in [6.45, 7) is 1.47. The van der Waals surface area contributed by atoms with Crippen molar-refractivity contribution >= 4 is 11.0 Å². The third kappa shape index (κ3) is 2.26. The van der Waals surface area contributed by atoms with Crippen LogP contribution in [0.25, 0.3) is 11.0 Å². The van der Waals surface area contributed by atoms with Gasteiger partial charge in [0.1, 0.15) is 23.3 Å². The van der Waals surface area contributed by atoms with Gasteiger partial charge in [0.2, 0.25) is 0 Å². The molecule has 0 bridgehead atoms. The standard InChI is InChI=1S/C14H15FO3/c15-11-1-2-13-10(6-11)7-14(18-13)12(16)5-9-3-4-17-8-9/h1-2,6-7,9,12,16H,3-5,8H2. The van der Waals surface area contributed by atoms with Gasteiger partial charge in [-0.3, -0.25) is 0 Å². The van der Waals surface area contributed by atoms with E-state index in [1.54, 1.807) is 12.1 Å². The maximum absolute atomic E-state index is 13.1. The molecular formula is C14H15FO3. The highest BCUT2D eigenvalue weighted by atomic mass is 19.1. The van der Waals surface area contributed by atoms with E-state index >= 15 is 0 Å². The van der Waals surface area contributed by atoms with Gasteiger partial charge in [-0.05, 0) is 43.0 Å². The van der Waals surface area contributed by atoms with E-state index in [0.717, 1.165) is 13.0 Å². The monoisotopic (exact) mass is 250 g/mol. The molecule has 0 amide bonds. The van der Waals surface area contributed by atoms with Crippen LogP contribution in [0.3, 0.4) is 0 Å². The van der Waals surface area contributed by atoms with Crippen LogP contribution in [0.1, 0.15) is 24.7 Å². The number of ether oxygens (including phenoxy) is 1. The van der Waals surface area contributed by atoms with Gasteiger partial charge >= 0.3 is 0 Å². The molecule has 18 heavy (non-hydrogen) atoms. The van der Waals surface area contributed by atoms with Crippen LogP contribution < -0.4 is 0 Å². The zero-order valence-corrected chi connectivity index (χ0v) is 9.93. The van der Waals surface area contributed by atoms with Crippen LogP contribution in [0.2, 0.25) is 0 Å². The number of benzene rings is 1. The summed E-state index contributed by atoms with van der Waals surface area (Å²) < 4.78 is 23.9. The highest BCUT2D eigenvalue weighted by Gasteiger charge is 2.22. The fourth-order valence-electron chi connectivity index (χ4n) is 2.40. The zero-order chi connectivity index (χ0) is 12.5. The number of furan rings is 1. The topological polar surface area (TPSA) is 42.6 Å². The third-order valence-electron chi connectivity index (χ3n) is 3.41. The van der Waals surface area contributed by atoms with E-state index in [1.165, 1.54) is 12.1 Å². The molecule has 0 aliphatic carbocycles. The molecule has 1 aromatic heterocycles. The summed E-state index contributed by atoms with van der Waals surface area (Å²) in [5.74, 6) is 0.584. The summed E-state index contributed by atoms with van der Waals surface area (Å²) in [5.41, 5.74) is 0.605. The molecule has 2 heterocycles. The summed E-state index contributed by atoms with van der Waals surface area (Å²) in [5, 5.41) is 10.8. The van der Waals surface area contributed by atoms with Crippen molar-refractivity contribution in [2.45, 2.75) is 18.9 Å². The van der Waals surface area contributed by atoms with Crippen LogP contribution in [-0.4, -0.2) is 18.3 Å². The maximum Gasteiger partial charge on any atom is 0.134 e. The van der Waals surface area contributed by atoms with Crippen molar-refractivity contribution < 1.29 is 18.7 Å². The summed E-state index contributed by atoms with van der Waals surface area (Å²) >= 11 is 0. The van der Waals surface area contributed by atoms with Crippen molar-refractivity contribution in [3.05, 3.63) is 35.8 Å². The molecule has 2 unspecified atom stereocenters. The Balaban J connectivity index is 1.80. The van der Waals surface area contributed by atoms with Gasteiger partial charge in [0.05, 0.1) is 0 Å². The Hall–Kier alpha value is -1.39. The average Bonchev–Trinajstić information content (AvgIpc) is 2.96. The van der Waals surface area contributed by atoms with Gasteiger partial charge in [-0.2, -0.15) is 0 Å². The van der Waals surface area contributed by atoms with Gasteiger partial charge in [0, 0.05) is 18.6 Å². The number of halogens is 1. The molecule has 3 nitrogen and oxygen atoms in total. The summed E-state index contributed by atoms with van der Waals surface area (Å²) in [6.07, 6.45) is 0.959. The molecule has 1 saturated heterocycles. The van der Waals surface area contributed by atoms with Crippen LogP contribution in [0.5, 0.6) is 0 Å². The number of aliphatic hydroxyl groups excluding tert-OH is 1. The largest absolute Gasteiger partial charge is 0.458 e. The van der Waals surface area contributed by atoms with Crippen LogP contribution in [0, 0.1) is 11.7 Å². The Morgan fingerprint density at radius 3 is 3.06 bits per heavy atom. The van der Waals surface area contributed by atoms with Crippen LogP contribution in [-0.2, 0) is 4.74 Å². The van der Waals surface area contributed by atoms with Gasteiger partial charge in [-0.25, -0.2) is 4.39 Å². The number of hydrogen-bond acceptors (Lipinski definition) is 3. The van der Waals surface area contributed by atoms with E-state index in [4.69, 9.17) is 9.15 Å². The minimum atomic E-state index is -0.646. The van der Waals surface area contributed by atoms with Crippen molar-refractivity contribution in [3.63, 3.8) is 0 Å². The summed E-state index contributed by atoms with van der Waals surface area (Å²) in [4.78, 5) is 0. The van der Waals surface area contributed by atoms with Crippen molar-refractivity contribution in [1.29, 1.82) is 0 Å². The first kappa shape index (κ1) is 11.7. The van der Waals surface area contributed by atoms with E-state index in [0.29, 0.717) is 35.7 Å². The van der Waals surface area contributed by atoms with Crippen molar-refractivity contribution in [2.24, 2.45) is 5.92 Å². The third-order valence-corrected chi connectivity index (χ3v) is 3.41. The lowest BCUT2D eigenvalue weighted by Gasteiger charge is -2.11. The second kappa shape index (κ2) is 4.71. The molecule has 1 aliphatic rings. The van der Waals surface area contributed by atoms with Gasteiger partial charge in [0.25, 0.3) is 0 Å². The van der Waals surface area contributed by atoms with Gasteiger partial charge in [0.15, 0.2) is 0 Å². The average molecular weight is 250 g/mol. The molecule has 2 atom stereocenters. The first-order valence-electron chi connectivity index (χ1n) is 6.17. The number of hydrogen-bond donors (Lipinski definition) is 1. The molecule has 3 rings (SSSR count). The Morgan fingerprint density at radius 2 is 2.28 bits per heavy atom. The van der Waals surface area contributed by atoms with Crippen molar-refractivity contribution in [2.75, 3.05) is 13.2 Å². The Bertz CT molecular complexity index is 543. The van der Waals surface area contributed by atoms with Gasteiger partial charge in [-0.15, -0.1) is 0 Å². The van der Waals surface area contributed by atoms with Crippen LogP contribution in [0.4, 0.5) is 4.39 Å². The minimum Gasteiger partial charge on any atom is -0.458 e. The van der Waals surface area contributed by atoms with Crippen LogP contribution >= 0.6 is 0 Å².